The van der Waals surface area contributed by atoms with Gasteiger partial charge < -0.3 is 14.6 Å². The molecular weight excluding hydrogens is 448 g/mol. The Morgan fingerprint density at radius 3 is 2.62 bits per heavy atom. The van der Waals surface area contributed by atoms with Crippen LogP contribution in [0.25, 0.3) is 5.69 Å². The maximum atomic E-state index is 12.9. The molecule has 2 heterocycles. The topological polar surface area (TPSA) is 97.8 Å². The number of para-hydroxylation sites is 2. The number of methoxy groups -OCH3 is 1. The van der Waals surface area contributed by atoms with Crippen LogP contribution in [0.1, 0.15) is 22.4 Å². The largest absolute Gasteiger partial charge is 0.495 e. The second kappa shape index (κ2) is 10.3. The van der Waals surface area contributed by atoms with E-state index in [0.29, 0.717) is 28.8 Å². The fourth-order valence-electron chi connectivity index (χ4n) is 3.71. The van der Waals surface area contributed by atoms with Crippen LogP contribution >= 0.6 is 11.8 Å². The third kappa shape index (κ3) is 4.67. The first-order valence-corrected chi connectivity index (χ1v) is 11.6. The predicted octanol–water partition coefficient (Wildman–Crippen LogP) is 4.35. The summed E-state index contributed by atoms with van der Waals surface area (Å²) in [6.07, 6.45) is 1.59. The molecule has 0 aliphatic heterocycles. The van der Waals surface area contributed by atoms with Crippen LogP contribution in [-0.4, -0.2) is 38.1 Å². The molecule has 2 aromatic carbocycles. The molecule has 9 heteroatoms. The predicted molar refractivity (Wildman–Crippen MR) is 131 cm³/mol. The number of aromatic nitrogens is 4. The van der Waals surface area contributed by atoms with Crippen molar-refractivity contribution in [1.82, 2.24) is 19.3 Å². The first kappa shape index (κ1) is 23.1. The van der Waals surface area contributed by atoms with Crippen LogP contribution in [-0.2, 0) is 11.3 Å². The number of rotatable bonds is 8. The molecule has 0 saturated heterocycles. The third-order valence-electron chi connectivity index (χ3n) is 5.58. The van der Waals surface area contributed by atoms with E-state index in [1.807, 2.05) is 73.0 Å². The van der Waals surface area contributed by atoms with Crippen LogP contribution in [0.3, 0.4) is 0 Å². The molecule has 172 valence electrons. The Morgan fingerprint density at radius 1 is 1.15 bits per heavy atom. The second-order valence-electron chi connectivity index (χ2n) is 7.61. The summed E-state index contributed by atoms with van der Waals surface area (Å²) in [5, 5.41) is 21.4. The van der Waals surface area contributed by atoms with E-state index in [1.54, 1.807) is 18.0 Å². The number of amides is 1. The van der Waals surface area contributed by atoms with E-state index < -0.39 is 0 Å². The van der Waals surface area contributed by atoms with Crippen molar-refractivity contribution >= 4 is 23.5 Å². The van der Waals surface area contributed by atoms with Gasteiger partial charge in [-0.15, -0.1) is 10.2 Å². The van der Waals surface area contributed by atoms with Crippen LogP contribution in [0.15, 0.2) is 66.1 Å². The van der Waals surface area contributed by atoms with E-state index in [1.165, 1.54) is 11.8 Å². The van der Waals surface area contributed by atoms with E-state index in [9.17, 15) is 10.1 Å². The highest BCUT2D eigenvalue weighted by Crippen LogP contribution is 2.29. The number of benzene rings is 2. The van der Waals surface area contributed by atoms with Gasteiger partial charge in [0.25, 0.3) is 0 Å². The number of nitrogens with zero attached hydrogens (tertiary/aromatic N) is 5. The van der Waals surface area contributed by atoms with Crippen LogP contribution in [0.2, 0.25) is 0 Å². The number of thioether (sulfide) groups is 1. The van der Waals surface area contributed by atoms with Crippen molar-refractivity contribution in [2.24, 2.45) is 0 Å². The highest BCUT2D eigenvalue weighted by molar-refractivity contribution is 7.99. The van der Waals surface area contributed by atoms with Gasteiger partial charge in [-0.05, 0) is 37.1 Å². The lowest BCUT2D eigenvalue weighted by molar-refractivity contribution is -0.113. The van der Waals surface area contributed by atoms with Gasteiger partial charge in [0.05, 0.1) is 24.1 Å². The Bertz CT molecular complexity index is 1350. The number of carbonyl (C=O) groups excluding carboxylic acids is 1. The number of anilines is 1. The van der Waals surface area contributed by atoms with Crippen LogP contribution in [0, 0.1) is 25.2 Å². The normalized spacial score (nSPS) is 10.6. The van der Waals surface area contributed by atoms with Crippen molar-refractivity contribution in [1.29, 1.82) is 5.26 Å². The lowest BCUT2D eigenvalue weighted by atomic mass is 10.2. The number of carbonyl (C=O) groups is 1. The molecule has 0 bridgehead atoms. The lowest BCUT2D eigenvalue weighted by Gasteiger charge is -2.13. The molecule has 0 unspecified atom stereocenters. The molecule has 2 aromatic heterocycles. The molecule has 0 spiro atoms. The van der Waals surface area contributed by atoms with E-state index >= 15 is 0 Å². The summed E-state index contributed by atoms with van der Waals surface area (Å²) >= 11 is 1.26. The van der Waals surface area contributed by atoms with Gasteiger partial charge in [-0.2, -0.15) is 5.26 Å². The maximum absolute atomic E-state index is 12.9. The zero-order chi connectivity index (χ0) is 24.1. The molecule has 34 heavy (non-hydrogen) atoms. The first-order valence-electron chi connectivity index (χ1n) is 10.6. The maximum Gasteiger partial charge on any atom is 0.235 e. The van der Waals surface area contributed by atoms with Gasteiger partial charge >= 0.3 is 0 Å². The fourth-order valence-corrected chi connectivity index (χ4v) is 4.43. The summed E-state index contributed by atoms with van der Waals surface area (Å²) in [6.45, 7) is 4.41. The van der Waals surface area contributed by atoms with E-state index in [0.717, 1.165) is 22.5 Å². The van der Waals surface area contributed by atoms with Gasteiger partial charge in [0.15, 0.2) is 5.16 Å². The van der Waals surface area contributed by atoms with Gasteiger partial charge in [0.1, 0.15) is 24.0 Å². The van der Waals surface area contributed by atoms with Crippen molar-refractivity contribution in [3.8, 4) is 17.5 Å². The SMILES string of the molecule is COc1ccccc1-n1cnnc1SCC(=O)Nc1c(C#N)c(C)c(C)n1Cc1ccccc1. The Labute approximate surface area is 202 Å². The Morgan fingerprint density at radius 2 is 1.88 bits per heavy atom. The first-order chi connectivity index (χ1) is 16.5. The zero-order valence-electron chi connectivity index (χ0n) is 19.1. The summed E-state index contributed by atoms with van der Waals surface area (Å²) in [4.78, 5) is 12.9. The van der Waals surface area contributed by atoms with Gasteiger partial charge in [-0.1, -0.05) is 54.2 Å². The van der Waals surface area contributed by atoms with E-state index in [2.05, 4.69) is 21.6 Å². The minimum absolute atomic E-state index is 0.104. The van der Waals surface area contributed by atoms with Gasteiger partial charge in [0, 0.05) is 12.2 Å². The quantitative estimate of drug-likeness (QED) is 0.383. The van der Waals surface area contributed by atoms with E-state index in [-0.39, 0.29) is 11.7 Å². The van der Waals surface area contributed by atoms with Gasteiger partial charge in [0.2, 0.25) is 5.91 Å². The number of ether oxygens (including phenoxy) is 1. The molecule has 0 radical (unpaired) electrons. The average Bonchev–Trinajstić information content (AvgIpc) is 3.42. The Balaban J connectivity index is 1.53. The number of hydrogen-bond acceptors (Lipinski definition) is 6. The molecule has 0 atom stereocenters. The molecule has 0 aliphatic carbocycles. The Kier molecular flexibility index (Phi) is 6.99. The molecule has 0 fully saturated rings. The molecule has 0 aliphatic rings. The number of nitrogens with one attached hydrogen (secondary N) is 1. The van der Waals surface area contributed by atoms with Gasteiger partial charge in [-0.25, -0.2) is 0 Å². The second-order valence-corrected chi connectivity index (χ2v) is 8.55. The lowest BCUT2D eigenvalue weighted by Crippen LogP contribution is -2.19. The van der Waals surface area contributed by atoms with Crippen molar-refractivity contribution in [3.63, 3.8) is 0 Å². The van der Waals surface area contributed by atoms with Crippen LogP contribution in [0.5, 0.6) is 5.75 Å². The van der Waals surface area contributed by atoms with Crippen molar-refractivity contribution < 1.29 is 9.53 Å². The zero-order valence-corrected chi connectivity index (χ0v) is 20.0. The average molecular weight is 473 g/mol. The molecule has 4 aromatic rings. The minimum Gasteiger partial charge on any atom is -0.495 e. The summed E-state index contributed by atoms with van der Waals surface area (Å²) in [5.41, 5.74) is 4.15. The summed E-state index contributed by atoms with van der Waals surface area (Å²) in [7, 11) is 1.60. The Hall–Kier alpha value is -4.03. The summed E-state index contributed by atoms with van der Waals surface area (Å²) < 4.78 is 9.19. The standard InChI is InChI=1S/C25H24N6O2S/c1-17-18(2)30(14-19-9-5-4-6-10-19)24(20(17)13-26)28-23(32)15-34-25-29-27-16-31(25)21-11-7-8-12-22(21)33-3/h4-12,16H,14-15H2,1-3H3,(H,28,32). The molecule has 4 rings (SSSR count). The highest BCUT2D eigenvalue weighted by atomic mass is 32.2. The van der Waals surface area contributed by atoms with Crippen LogP contribution < -0.4 is 10.1 Å². The summed E-state index contributed by atoms with van der Waals surface area (Å²) in [5.74, 6) is 1.06. The third-order valence-corrected chi connectivity index (χ3v) is 6.52. The molecule has 0 saturated carbocycles. The molecule has 1 N–H and O–H groups in total. The van der Waals surface area contributed by atoms with Crippen LogP contribution in [0.4, 0.5) is 5.82 Å². The smallest absolute Gasteiger partial charge is 0.235 e. The monoisotopic (exact) mass is 472 g/mol. The fraction of sp³-hybridized carbons (Fsp3) is 0.200. The van der Waals surface area contributed by atoms with Crippen molar-refractivity contribution in [2.75, 3.05) is 18.2 Å². The molecule has 1 amide bonds. The van der Waals surface area contributed by atoms with Crippen molar-refractivity contribution in [3.05, 3.63) is 83.3 Å². The minimum atomic E-state index is -0.233. The van der Waals surface area contributed by atoms with Gasteiger partial charge in [-0.3, -0.25) is 9.36 Å². The molecule has 8 nitrogen and oxygen atoms in total. The highest BCUT2D eigenvalue weighted by Gasteiger charge is 2.20. The number of nitriles is 1. The molecular formula is C25H24N6O2S. The summed E-state index contributed by atoms with van der Waals surface area (Å²) in [6, 6.07) is 19.7. The van der Waals surface area contributed by atoms with Crippen molar-refractivity contribution in [2.45, 2.75) is 25.5 Å². The van der Waals surface area contributed by atoms with E-state index in [4.69, 9.17) is 4.74 Å². The number of hydrogen-bond donors (Lipinski definition) is 1.